The number of ketones is 1. The van der Waals surface area contributed by atoms with Gasteiger partial charge in [0.1, 0.15) is 0 Å². The first-order valence-corrected chi connectivity index (χ1v) is 11.6. The average Bonchev–Trinajstić information content (AvgIpc) is 2.82. The van der Waals surface area contributed by atoms with Crippen LogP contribution in [0.1, 0.15) is 35.3 Å². The number of hydrogen-bond acceptors (Lipinski definition) is 5. The van der Waals surface area contributed by atoms with Gasteiger partial charge in [0.15, 0.2) is 5.78 Å². The van der Waals surface area contributed by atoms with Gasteiger partial charge < -0.3 is 0 Å². The van der Waals surface area contributed by atoms with Gasteiger partial charge in [0.25, 0.3) is 0 Å². The van der Waals surface area contributed by atoms with E-state index in [1.807, 2.05) is 36.4 Å². The van der Waals surface area contributed by atoms with Gasteiger partial charge in [-0.1, -0.05) is 23.7 Å². The number of sulfonamides is 1. The molecule has 4 rings (SSSR count). The molecule has 29 heavy (non-hydrogen) atoms. The molecule has 1 unspecified atom stereocenters. The number of fused-ring (bicyclic) bond motifs is 2. The monoisotopic (exact) mass is 431 g/mol. The Balaban J connectivity index is 1.84. The van der Waals surface area contributed by atoms with Gasteiger partial charge >= 0.3 is 0 Å². The van der Waals surface area contributed by atoms with E-state index in [0.717, 1.165) is 22.4 Å². The van der Waals surface area contributed by atoms with Crippen molar-refractivity contribution < 1.29 is 13.2 Å². The molecule has 6 nitrogen and oxygen atoms in total. The second-order valence-electron chi connectivity index (χ2n) is 7.42. The smallest absolute Gasteiger partial charge is 0.211 e. The minimum atomic E-state index is -3.22. The summed E-state index contributed by atoms with van der Waals surface area (Å²) in [5.41, 5.74) is 4.12. The maximum absolute atomic E-state index is 12.4. The van der Waals surface area contributed by atoms with E-state index in [-0.39, 0.29) is 11.8 Å². The van der Waals surface area contributed by atoms with Gasteiger partial charge in [-0.05, 0) is 42.3 Å². The summed E-state index contributed by atoms with van der Waals surface area (Å²) in [7, 11) is -3.22. The van der Waals surface area contributed by atoms with Gasteiger partial charge in [-0.3, -0.25) is 14.7 Å². The van der Waals surface area contributed by atoms with Crippen molar-refractivity contribution in [3.63, 3.8) is 0 Å². The normalized spacial score (nSPS) is 20.4. The largest absolute Gasteiger partial charge is 0.294 e. The molecule has 1 atom stereocenters. The molecule has 1 aliphatic heterocycles. The standard InChI is InChI=1S/C21H22ClN3O3S/c1-14(26)19-13-15-12-16(22)5-6-17(15)21(20-18(19)4-3-7-23-20)24-8-10-25(11-9-24)29(2,27)28/h3-7,12-13,21H,8-11H2,1-2H3. The minimum Gasteiger partial charge on any atom is -0.294 e. The summed E-state index contributed by atoms with van der Waals surface area (Å²) in [5.74, 6) is -0.0345. The molecule has 1 aliphatic carbocycles. The van der Waals surface area contributed by atoms with Crippen LogP contribution in [0.2, 0.25) is 5.02 Å². The quantitative estimate of drug-likeness (QED) is 0.747. The van der Waals surface area contributed by atoms with Crippen molar-refractivity contribution in [1.82, 2.24) is 14.2 Å². The SMILES string of the molecule is CC(=O)C1=Cc2cc(Cl)ccc2C(N2CCN(S(C)(=O)=O)CC2)c2ncccc21. The molecule has 0 N–H and O–H groups in total. The fraction of sp³-hybridized carbons (Fsp3) is 0.333. The first-order valence-electron chi connectivity index (χ1n) is 9.42. The van der Waals surface area contributed by atoms with E-state index in [9.17, 15) is 13.2 Å². The summed E-state index contributed by atoms with van der Waals surface area (Å²) in [5, 5.41) is 0.600. The second-order valence-corrected chi connectivity index (χ2v) is 9.84. The van der Waals surface area contributed by atoms with Crippen molar-refractivity contribution in [2.24, 2.45) is 0 Å². The molecule has 0 bridgehead atoms. The number of piperazine rings is 1. The molecule has 1 aromatic heterocycles. The molecule has 8 heteroatoms. The Labute approximate surface area is 175 Å². The maximum atomic E-state index is 12.4. The Bertz CT molecular complexity index is 1110. The first kappa shape index (κ1) is 20.2. The fourth-order valence-corrected chi connectivity index (χ4v) is 5.12. The molecule has 2 aromatic rings. The molecule has 0 saturated carbocycles. The number of Topliss-reactive ketones (excluding diaryl/α,β-unsaturated/α-hetero) is 1. The van der Waals surface area contributed by atoms with Crippen LogP contribution in [0.5, 0.6) is 0 Å². The number of rotatable bonds is 3. The molecule has 2 heterocycles. The molecule has 0 radical (unpaired) electrons. The van der Waals surface area contributed by atoms with Crippen LogP contribution in [-0.2, 0) is 14.8 Å². The van der Waals surface area contributed by atoms with Crippen molar-refractivity contribution >= 4 is 39.1 Å². The van der Waals surface area contributed by atoms with Crippen molar-refractivity contribution in [3.05, 3.63) is 63.9 Å². The third-order valence-electron chi connectivity index (χ3n) is 5.52. The van der Waals surface area contributed by atoms with Gasteiger partial charge in [0.2, 0.25) is 10.0 Å². The number of hydrogen-bond donors (Lipinski definition) is 0. The number of allylic oxidation sites excluding steroid dienone is 1. The van der Waals surface area contributed by atoms with Crippen molar-refractivity contribution in [2.75, 3.05) is 32.4 Å². The number of pyridine rings is 1. The van der Waals surface area contributed by atoms with Crippen LogP contribution >= 0.6 is 11.6 Å². The first-order chi connectivity index (χ1) is 13.8. The lowest BCUT2D eigenvalue weighted by atomic mass is 9.95. The number of aromatic nitrogens is 1. The highest BCUT2D eigenvalue weighted by molar-refractivity contribution is 7.88. The van der Waals surface area contributed by atoms with E-state index < -0.39 is 10.0 Å². The number of nitrogens with zero attached hydrogens (tertiary/aromatic N) is 3. The molecular formula is C21H22ClN3O3S. The summed E-state index contributed by atoms with van der Waals surface area (Å²) in [6, 6.07) is 9.25. The third kappa shape index (κ3) is 3.88. The predicted octanol–water partition coefficient (Wildman–Crippen LogP) is 2.84. The van der Waals surface area contributed by atoms with Crippen LogP contribution in [-0.4, -0.2) is 60.8 Å². The van der Waals surface area contributed by atoms with E-state index in [1.165, 1.54) is 10.6 Å². The van der Waals surface area contributed by atoms with E-state index >= 15 is 0 Å². The van der Waals surface area contributed by atoms with E-state index in [1.54, 1.807) is 13.1 Å². The van der Waals surface area contributed by atoms with Crippen LogP contribution in [0.25, 0.3) is 11.6 Å². The lowest BCUT2D eigenvalue weighted by Crippen LogP contribution is -2.49. The Kier molecular flexibility index (Phi) is 5.33. The topological polar surface area (TPSA) is 70.6 Å². The molecular weight excluding hydrogens is 410 g/mol. The molecule has 0 amide bonds. The van der Waals surface area contributed by atoms with Crippen LogP contribution in [0.3, 0.4) is 0 Å². The molecule has 1 saturated heterocycles. The van der Waals surface area contributed by atoms with Crippen molar-refractivity contribution in [2.45, 2.75) is 13.0 Å². The van der Waals surface area contributed by atoms with E-state index in [4.69, 9.17) is 11.6 Å². The number of halogens is 1. The van der Waals surface area contributed by atoms with Gasteiger partial charge in [-0.25, -0.2) is 8.42 Å². The maximum Gasteiger partial charge on any atom is 0.211 e. The van der Waals surface area contributed by atoms with Gasteiger partial charge in [0.05, 0.1) is 18.0 Å². The van der Waals surface area contributed by atoms with Crippen LogP contribution in [0.4, 0.5) is 0 Å². The molecule has 2 aliphatic rings. The van der Waals surface area contributed by atoms with Crippen LogP contribution in [0, 0.1) is 0 Å². The van der Waals surface area contributed by atoms with Gasteiger partial charge in [-0.2, -0.15) is 4.31 Å². The van der Waals surface area contributed by atoms with E-state index in [2.05, 4.69) is 9.88 Å². The van der Waals surface area contributed by atoms with Gasteiger partial charge in [-0.15, -0.1) is 0 Å². The summed E-state index contributed by atoms with van der Waals surface area (Å²) in [4.78, 5) is 19.3. The Morgan fingerprint density at radius 3 is 2.55 bits per heavy atom. The number of carbonyl (C=O) groups excluding carboxylic acids is 1. The lowest BCUT2D eigenvalue weighted by Gasteiger charge is -2.38. The highest BCUT2D eigenvalue weighted by Gasteiger charge is 2.34. The Hall–Kier alpha value is -2.06. The zero-order valence-corrected chi connectivity index (χ0v) is 17.9. The van der Waals surface area contributed by atoms with Crippen molar-refractivity contribution in [1.29, 1.82) is 0 Å². The molecule has 1 fully saturated rings. The molecule has 1 aromatic carbocycles. The highest BCUT2D eigenvalue weighted by atomic mass is 35.5. The lowest BCUT2D eigenvalue weighted by molar-refractivity contribution is -0.111. The van der Waals surface area contributed by atoms with Gasteiger partial charge in [0, 0.05) is 48.5 Å². The molecule has 0 spiro atoms. The highest BCUT2D eigenvalue weighted by Crippen LogP contribution is 2.40. The zero-order chi connectivity index (χ0) is 20.8. The fourth-order valence-electron chi connectivity index (χ4n) is 4.12. The Morgan fingerprint density at radius 1 is 1.17 bits per heavy atom. The number of carbonyl (C=O) groups is 1. The number of benzene rings is 1. The third-order valence-corrected chi connectivity index (χ3v) is 7.06. The molecule has 152 valence electrons. The van der Waals surface area contributed by atoms with E-state index in [0.29, 0.717) is 36.8 Å². The predicted molar refractivity (Wildman–Crippen MR) is 114 cm³/mol. The summed E-state index contributed by atoms with van der Waals surface area (Å²) in [6.07, 6.45) is 4.86. The van der Waals surface area contributed by atoms with Crippen LogP contribution in [0.15, 0.2) is 36.5 Å². The summed E-state index contributed by atoms with van der Waals surface area (Å²) < 4.78 is 25.3. The minimum absolute atomic E-state index is 0.0345. The summed E-state index contributed by atoms with van der Waals surface area (Å²) in [6.45, 7) is 3.55. The zero-order valence-electron chi connectivity index (χ0n) is 16.3. The Morgan fingerprint density at radius 2 is 1.90 bits per heavy atom. The second kappa shape index (κ2) is 7.65. The van der Waals surface area contributed by atoms with Crippen molar-refractivity contribution in [3.8, 4) is 0 Å². The summed E-state index contributed by atoms with van der Waals surface area (Å²) >= 11 is 6.25. The average molecular weight is 432 g/mol. The van der Waals surface area contributed by atoms with Crippen LogP contribution < -0.4 is 0 Å².